The normalized spacial score (nSPS) is 53.9. The molecule has 1 aliphatic heterocycles. The summed E-state index contributed by atoms with van der Waals surface area (Å²) in [6.07, 6.45) is 6.33. The van der Waals surface area contributed by atoms with Crippen LogP contribution in [0.3, 0.4) is 0 Å². The van der Waals surface area contributed by atoms with Gasteiger partial charge in [0.25, 0.3) is 0 Å². The Morgan fingerprint density at radius 3 is 2.68 bits per heavy atom. The Labute approximate surface area is 131 Å². The summed E-state index contributed by atoms with van der Waals surface area (Å²) in [5, 5.41) is 20.9. The molecule has 3 aliphatic carbocycles. The lowest BCUT2D eigenvalue weighted by atomic mass is 9.48. The number of carbonyl (C=O) groups is 1. The maximum Gasteiger partial charge on any atom is 0.333 e. The number of ether oxygens (including phenoxy) is 1. The second-order valence-electron chi connectivity index (χ2n) is 8.29. The van der Waals surface area contributed by atoms with E-state index in [0.29, 0.717) is 17.8 Å². The lowest BCUT2D eigenvalue weighted by Gasteiger charge is -2.58. The Hall–Kier alpha value is -0.870. The molecular weight excluding hydrogens is 280 g/mol. The highest BCUT2D eigenvalue weighted by atomic mass is 16.6. The van der Waals surface area contributed by atoms with Gasteiger partial charge in [0.2, 0.25) is 6.29 Å². The summed E-state index contributed by atoms with van der Waals surface area (Å²) in [7, 11) is 0. The van der Waals surface area contributed by atoms with Crippen molar-refractivity contribution in [1.82, 2.24) is 0 Å². The summed E-state index contributed by atoms with van der Waals surface area (Å²) in [6, 6.07) is 0. The van der Waals surface area contributed by atoms with E-state index in [4.69, 9.17) is 4.74 Å². The van der Waals surface area contributed by atoms with Crippen LogP contribution in [-0.4, -0.2) is 28.6 Å². The summed E-state index contributed by atoms with van der Waals surface area (Å²) in [5.41, 5.74) is 0.667. The topological polar surface area (TPSA) is 66.8 Å². The molecule has 4 rings (SSSR count). The lowest BCUT2D eigenvalue weighted by molar-refractivity contribution is -0.209. The first-order valence-electron chi connectivity index (χ1n) is 8.65. The Morgan fingerprint density at radius 1 is 1.14 bits per heavy atom. The van der Waals surface area contributed by atoms with Crippen LogP contribution in [0.5, 0.6) is 0 Å². The van der Waals surface area contributed by atoms with Crippen LogP contribution in [0.2, 0.25) is 0 Å². The van der Waals surface area contributed by atoms with Crippen LogP contribution in [0, 0.1) is 28.6 Å². The number of hydrogen-bond acceptors (Lipinski definition) is 4. The molecule has 0 aromatic rings. The van der Waals surface area contributed by atoms with Crippen molar-refractivity contribution in [3.05, 3.63) is 11.6 Å². The number of aliphatic hydroxyl groups excluding tert-OH is 2. The number of aliphatic hydroxyl groups is 2. The van der Waals surface area contributed by atoms with Crippen molar-refractivity contribution in [2.24, 2.45) is 28.6 Å². The van der Waals surface area contributed by atoms with Crippen LogP contribution in [-0.2, 0) is 9.53 Å². The zero-order chi connectivity index (χ0) is 15.7. The van der Waals surface area contributed by atoms with Crippen molar-refractivity contribution in [3.63, 3.8) is 0 Å². The standard InChI is InChI=1S/C18H26O4/c1-17-8-7-13-11(12(17)5-6-14(17)19)4-3-10-9-15(20)22-16(21)18(10,13)2/h9,11-14,16,19,21H,3-8H2,1-2H3/t11-,12-,13-,14-,16?,17-,18-/m0/s1. The molecule has 0 aromatic heterocycles. The van der Waals surface area contributed by atoms with E-state index in [1.54, 1.807) is 6.08 Å². The van der Waals surface area contributed by atoms with Crippen molar-refractivity contribution < 1.29 is 19.7 Å². The largest absolute Gasteiger partial charge is 0.432 e. The zero-order valence-electron chi connectivity index (χ0n) is 13.4. The first-order chi connectivity index (χ1) is 10.4. The van der Waals surface area contributed by atoms with E-state index in [2.05, 4.69) is 13.8 Å². The van der Waals surface area contributed by atoms with Crippen molar-refractivity contribution in [1.29, 1.82) is 0 Å². The van der Waals surface area contributed by atoms with Crippen molar-refractivity contribution in [3.8, 4) is 0 Å². The molecule has 7 atom stereocenters. The molecule has 0 aromatic carbocycles. The van der Waals surface area contributed by atoms with Gasteiger partial charge in [-0.25, -0.2) is 4.79 Å². The molecule has 0 saturated heterocycles. The molecule has 4 heteroatoms. The first-order valence-corrected chi connectivity index (χ1v) is 8.65. The van der Waals surface area contributed by atoms with E-state index >= 15 is 0 Å². The van der Waals surface area contributed by atoms with Gasteiger partial charge in [0.1, 0.15) is 0 Å². The van der Waals surface area contributed by atoms with Crippen LogP contribution in [0.15, 0.2) is 11.6 Å². The number of cyclic esters (lactones) is 1. The van der Waals surface area contributed by atoms with E-state index in [-0.39, 0.29) is 11.5 Å². The van der Waals surface area contributed by atoms with E-state index in [0.717, 1.165) is 44.1 Å². The summed E-state index contributed by atoms with van der Waals surface area (Å²) in [4.78, 5) is 11.6. The number of esters is 1. The average molecular weight is 306 g/mol. The zero-order valence-corrected chi connectivity index (χ0v) is 13.4. The highest BCUT2D eigenvalue weighted by molar-refractivity contribution is 5.84. The molecule has 122 valence electrons. The molecule has 1 heterocycles. The van der Waals surface area contributed by atoms with Gasteiger partial charge in [0, 0.05) is 6.08 Å². The monoisotopic (exact) mass is 306 g/mol. The summed E-state index contributed by atoms with van der Waals surface area (Å²) in [5.74, 6) is 0.989. The minimum absolute atomic E-state index is 0.0367. The van der Waals surface area contributed by atoms with Crippen LogP contribution >= 0.6 is 0 Å². The Kier molecular flexibility index (Phi) is 3.06. The van der Waals surface area contributed by atoms with Gasteiger partial charge in [0.05, 0.1) is 11.5 Å². The maximum absolute atomic E-state index is 11.6. The quantitative estimate of drug-likeness (QED) is 0.674. The van der Waals surface area contributed by atoms with Gasteiger partial charge in [-0.3, -0.25) is 0 Å². The number of carbonyl (C=O) groups excluding carboxylic acids is 1. The van der Waals surface area contributed by atoms with Gasteiger partial charge in [-0.1, -0.05) is 12.5 Å². The summed E-state index contributed by atoms with van der Waals surface area (Å²) >= 11 is 0. The van der Waals surface area contributed by atoms with Crippen LogP contribution in [0.4, 0.5) is 0 Å². The van der Waals surface area contributed by atoms with Crippen LogP contribution < -0.4 is 0 Å². The van der Waals surface area contributed by atoms with Gasteiger partial charge in [0.15, 0.2) is 0 Å². The predicted molar refractivity (Wildman–Crippen MR) is 80.6 cm³/mol. The molecule has 3 saturated carbocycles. The number of fused-ring (bicyclic) bond motifs is 5. The SMILES string of the molecule is C[C@]12CC[C@H]3[C@@H](CCC4=CC(=O)OC(O)[C@@]43C)[C@@H]1CC[C@@H]2O. The minimum Gasteiger partial charge on any atom is -0.432 e. The average Bonchev–Trinajstić information content (AvgIpc) is 2.77. The van der Waals surface area contributed by atoms with Gasteiger partial charge in [-0.2, -0.15) is 0 Å². The molecular formula is C18H26O4. The Morgan fingerprint density at radius 2 is 1.91 bits per heavy atom. The maximum atomic E-state index is 11.6. The van der Waals surface area contributed by atoms with E-state index in [9.17, 15) is 15.0 Å². The molecule has 0 radical (unpaired) electrons. The predicted octanol–water partition coefficient (Wildman–Crippen LogP) is 2.39. The van der Waals surface area contributed by atoms with E-state index in [1.165, 1.54) is 0 Å². The van der Waals surface area contributed by atoms with Gasteiger partial charge in [-0.15, -0.1) is 0 Å². The second kappa shape index (κ2) is 4.57. The molecule has 4 nitrogen and oxygen atoms in total. The van der Waals surface area contributed by atoms with Crippen molar-refractivity contribution in [2.45, 2.75) is 64.8 Å². The summed E-state index contributed by atoms with van der Waals surface area (Å²) in [6.45, 7) is 4.32. The molecule has 4 aliphatic rings. The third kappa shape index (κ3) is 1.68. The highest BCUT2D eigenvalue weighted by Gasteiger charge is 2.61. The first kappa shape index (κ1) is 14.7. The van der Waals surface area contributed by atoms with Gasteiger partial charge < -0.3 is 14.9 Å². The van der Waals surface area contributed by atoms with Gasteiger partial charge >= 0.3 is 5.97 Å². The fourth-order valence-electron chi connectivity index (χ4n) is 6.21. The number of rotatable bonds is 0. The molecule has 0 bridgehead atoms. The number of hydrogen-bond donors (Lipinski definition) is 2. The molecule has 3 fully saturated rings. The fraction of sp³-hybridized carbons (Fsp3) is 0.833. The Bertz CT molecular complexity index is 541. The van der Waals surface area contributed by atoms with Crippen molar-refractivity contribution in [2.75, 3.05) is 0 Å². The molecule has 1 unspecified atom stereocenters. The second-order valence-corrected chi connectivity index (χ2v) is 8.29. The van der Waals surface area contributed by atoms with Crippen LogP contribution in [0.25, 0.3) is 0 Å². The van der Waals surface area contributed by atoms with Gasteiger partial charge in [-0.05, 0) is 68.6 Å². The minimum atomic E-state index is -1.02. The van der Waals surface area contributed by atoms with E-state index in [1.807, 2.05) is 0 Å². The summed E-state index contributed by atoms with van der Waals surface area (Å²) < 4.78 is 5.16. The Balaban J connectivity index is 1.72. The van der Waals surface area contributed by atoms with Crippen LogP contribution in [0.1, 0.15) is 52.4 Å². The lowest BCUT2D eigenvalue weighted by Crippen LogP contribution is -2.56. The third-order valence-corrected chi connectivity index (χ3v) is 7.63. The third-order valence-electron chi connectivity index (χ3n) is 7.63. The highest BCUT2D eigenvalue weighted by Crippen LogP contribution is 2.64. The fourth-order valence-corrected chi connectivity index (χ4v) is 6.21. The molecule has 0 amide bonds. The smallest absolute Gasteiger partial charge is 0.333 e. The van der Waals surface area contributed by atoms with Crippen molar-refractivity contribution >= 4 is 5.97 Å². The molecule has 22 heavy (non-hydrogen) atoms. The van der Waals surface area contributed by atoms with E-state index < -0.39 is 17.7 Å². The molecule has 0 spiro atoms. The molecule has 2 N–H and O–H groups in total.